The van der Waals surface area contributed by atoms with Gasteiger partial charge in [0.2, 0.25) is 0 Å². The lowest BCUT2D eigenvalue weighted by molar-refractivity contribution is -0.130. The summed E-state index contributed by atoms with van der Waals surface area (Å²) in [5, 5.41) is 0. The highest BCUT2D eigenvalue weighted by molar-refractivity contribution is 5.92. The fourth-order valence-electron chi connectivity index (χ4n) is 4.34. The second-order valence-corrected chi connectivity index (χ2v) is 9.22. The maximum Gasteiger partial charge on any atom is 0.338 e. The molecule has 0 saturated heterocycles. The first-order valence-electron chi connectivity index (χ1n) is 12.8. The van der Waals surface area contributed by atoms with E-state index in [1.54, 1.807) is 19.1 Å². The Morgan fingerprint density at radius 2 is 1.05 bits per heavy atom. The summed E-state index contributed by atoms with van der Waals surface area (Å²) in [5.74, 6) is 0.0475. The molecule has 0 unspecified atom stereocenters. The van der Waals surface area contributed by atoms with Crippen molar-refractivity contribution >= 4 is 34.7 Å². The number of anilines is 3. The maximum absolute atomic E-state index is 11.9. The summed E-state index contributed by atoms with van der Waals surface area (Å²) in [4.78, 5) is 14.1. The Morgan fingerprint density at radius 1 is 0.615 bits per heavy atom. The molecule has 0 aromatic heterocycles. The molecule has 0 aliphatic rings. The Bertz CT molecular complexity index is 1530. The Balaban J connectivity index is 1.49. The maximum atomic E-state index is 11.9. The number of benzene rings is 5. The normalized spacial score (nSPS) is 10.4. The molecular weight excluding hydrogens is 478 g/mol. The first-order valence-corrected chi connectivity index (χ1v) is 12.8. The second-order valence-electron chi connectivity index (χ2n) is 9.22. The largest absolute Gasteiger partial charge is 0.423 e. The number of carbonyl (C=O) groups is 1. The lowest BCUT2D eigenvalue weighted by Gasteiger charge is -2.25. The molecule has 0 aliphatic carbocycles. The van der Waals surface area contributed by atoms with Gasteiger partial charge in [-0.3, -0.25) is 0 Å². The SMILES string of the molecule is C=C(C)C(=O)Oc1ccc(N(c2ccccc2)c2ccc(C=C(c3ccccc3)c3ccccc3)cc2)cc1. The summed E-state index contributed by atoms with van der Waals surface area (Å²) < 4.78 is 5.38. The van der Waals surface area contributed by atoms with E-state index in [1.807, 2.05) is 42.5 Å². The molecule has 5 aromatic rings. The van der Waals surface area contributed by atoms with Gasteiger partial charge in [0.25, 0.3) is 0 Å². The fraction of sp³-hybridized carbons (Fsp3) is 0.0278. The zero-order chi connectivity index (χ0) is 27.0. The van der Waals surface area contributed by atoms with Crippen molar-refractivity contribution in [3.05, 3.63) is 168 Å². The van der Waals surface area contributed by atoms with Crippen LogP contribution < -0.4 is 9.64 Å². The van der Waals surface area contributed by atoms with E-state index in [2.05, 4.69) is 102 Å². The quantitative estimate of drug-likeness (QED) is 0.0907. The monoisotopic (exact) mass is 507 g/mol. The molecular formula is C36H29NO2. The lowest BCUT2D eigenvalue weighted by atomic mass is 9.95. The number of hydrogen-bond donors (Lipinski definition) is 0. The van der Waals surface area contributed by atoms with Crippen LogP contribution in [0.1, 0.15) is 23.6 Å². The number of hydrogen-bond acceptors (Lipinski definition) is 3. The van der Waals surface area contributed by atoms with E-state index in [0.29, 0.717) is 11.3 Å². The topological polar surface area (TPSA) is 29.5 Å². The van der Waals surface area contributed by atoms with Gasteiger partial charge >= 0.3 is 5.97 Å². The molecule has 0 fully saturated rings. The molecule has 39 heavy (non-hydrogen) atoms. The van der Waals surface area contributed by atoms with E-state index in [9.17, 15) is 4.79 Å². The van der Waals surface area contributed by atoms with Crippen LogP contribution in [0, 0.1) is 0 Å². The summed E-state index contributed by atoms with van der Waals surface area (Å²) in [5.41, 5.74) is 7.99. The molecule has 0 spiro atoms. The molecule has 5 aromatic carbocycles. The van der Waals surface area contributed by atoms with Crippen LogP contribution in [0.3, 0.4) is 0 Å². The van der Waals surface area contributed by atoms with Crippen LogP contribution in [0.4, 0.5) is 17.1 Å². The van der Waals surface area contributed by atoms with Gasteiger partial charge in [-0.05, 0) is 83.8 Å². The summed E-state index contributed by atoms with van der Waals surface area (Å²) >= 11 is 0. The third-order valence-electron chi connectivity index (χ3n) is 6.30. The van der Waals surface area contributed by atoms with E-state index in [4.69, 9.17) is 4.74 Å². The van der Waals surface area contributed by atoms with Gasteiger partial charge in [-0.1, -0.05) is 97.6 Å². The Kier molecular flexibility index (Phi) is 7.80. The summed E-state index contributed by atoms with van der Waals surface area (Å²) in [6.45, 7) is 5.28. The highest BCUT2D eigenvalue weighted by Crippen LogP contribution is 2.36. The third kappa shape index (κ3) is 6.23. The van der Waals surface area contributed by atoms with Gasteiger partial charge in [0, 0.05) is 22.6 Å². The van der Waals surface area contributed by atoms with Gasteiger partial charge in [0.15, 0.2) is 0 Å². The zero-order valence-electron chi connectivity index (χ0n) is 21.8. The van der Waals surface area contributed by atoms with Crippen molar-refractivity contribution in [3.8, 4) is 5.75 Å². The molecule has 0 saturated carbocycles. The number of para-hydroxylation sites is 1. The Morgan fingerprint density at radius 3 is 1.54 bits per heavy atom. The van der Waals surface area contributed by atoms with Crippen LogP contribution in [0.25, 0.3) is 11.6 Å². The standard InChI is InChI=1S/C36H29NO2/c1-27(2)36(38)39-34-24-22-33(23-25-34)37(31-16-10-5-11-17-31)32-20-18-28(19-21-32)26-35(29-12-6-3-7-13-29)30-14-8-4-9-15-30/h3-26H,1H2,2H3. The molecule has 5 rings (SSSR count). The summed E-state index contributed by atoms with van der Waals surface area (Å²) in [6.07, 6.45) is 2.23. The van der Waals surface area contributed by atoms with Crippen LogP contribution in [-0.4, -0.2) is 5.97 Å². The van der Waals surface area contributed by atoms with E-state index < -0.39 is 5.97 Å². The summed E-state index contributed by atoms with van der Waals surface area (Å²) in [7, 11) is 0. The number of esters is 1. The van der Waals surface area contributed by atoms with Crippen molar-refractivity contribution in [3.63, 3.8) is 0 Å². The lowest BCUT2D eigenvalue weighted by Crippen LogP contribution is -2.11. The number of carbonyl (C=O) groups excluding carboxylic acids is 1. The van der Waals surface area contributed by atoms with Crippen molar-refractivity contribution in [1.82, 2.24) is 0 Å². The van der Waals surface area contributed by atoms with Crippen molar-refractivity contribution < 1.29 is 9.53 Å². The average Bonchev–Trinajstić information content (AvgIpc) is 2.99. The van der Waals surface area contributed by atoms with Crippen molar-refractivity contribution in [2.75, 3.05) is 4.90 Å². The first kappa shape index (κ1) is 25.5. The molecule has 3 nitrogen and oxygen atoms in total. The molecule has 0 amide bonds. The van der Waals surface area contributed by atoms with Gasteiger partial charge < -0.3 is 9.64 Å². The van der Waals surface area contributed by atoms with Gasteiger partial charge in [0.1, 0.15) is 5.75 Å². The summed E-state index contributed by atoms with van der Waals surface area (Å²) in [6, 6.07) is 47.1. The zero-order valence-corrected chi connectivity index (χ0v) is 21.8. The number of ether oxygens (including phenoxy) is 1. The van der Waals surface area contributed by atoms with Gasteiger partial charge in [-0.25, -0.2) is 4.79 Å². The molecule has 0 radical (unpaired) electrons. The third-order valence-corrected chi connectivity index (χ3v) is 6.30. The van der Waals surface area contributed by atoms with Gasteiger partial charge in [0.05, 0.1) is 0 Å². The van der Waals surface area contributed by atoms with Crippen LogP contribution >= 0.6 is 0 Å². The number of rotatable bonds is 8. The fourth-order valence-corrected chi connectivity index (χ4v) is 4.34. The molecule has 190 valence electrons. The van der Waals surface area contributed by atoms with Crippen molar-refractivity contribution in [1.29, 1.82) is 0 Å². The highest BCUT2D eigenvalue weighted by atomic mass is 16.5. The first-order chi connectivity index (χ1) is 19.1. The number of nitrogens with zero attached hydrogens (tertiary/aromatic N) is 1. The highest BCUT2D eigenvalue weighted by Gasteiger charge is 2.13. The van der Waals surface area contributed by atoms with Gasteiger partial charge in [-0.15, -0.1) is 0 Å². The minimum atomic E-state index is -0.434. The van der Waals surface area contributed by atoms with E-state index in [1.165, 1.54) is 16.7 Å². The van der Waals surface area contributed by atoms with Crippen molar-refractivity contribution in [2.24, 2.45) is 0 Å². The molecule has 0 aliphatic heterocycles. The predicted octanol–water partition coefficient (Wildman–Crippen LogP) is 9.23. The Hall–Kier alpha value is -5.15. The van der Waals surface area contributed by atoms with E-state index >= 15 is 0 Å². The Labute approximate surface area is 230 Å². The second kappa shape index (κ2) is 11.9. The van der Waals surface area contributed by atoms with Crippen LogP contribution in [0.15, 0.2) is 152 Å². The van der Waals surface area contributed by atoms with E-state index in [-0.39, 0.29) is 0 Å². The minimum Gasteiger partial charge on any atom is -0.423 e. The van der Waals surface area contributed by atoms with Gasteiger partial charge in [-0.2, -0.15) is 0 Å². The van der Waals surface area contributed by atoms with Crippen molar-refractivity contribution in [2.45, 2.75) is 6.92 Å². The average molecular weight is 508 g/mol. The molecule has 0 atom stereocenters. The predicted molar refractivity (Wildman–Crippen MR) is 161 cm³/mol. The minimum absolute atomic E-state index is 0.363. The van der Waals surface area contributed by atoms with Crippen LogP contribution in [0.5, 0.6) is 5.75 Å². The smallest absolute Gasteiger partial charge is 0.338 e. The molecule has 3 heteroatoms. The van der Waals surface area contributed by atoms with Crippen LogP contribution in [-0.2, 0) is 4.79 Å². The van der Waals surface area contributed by atoms with Crippen LogP contribution in [0.2, 0.25) is 0 Å². The molecule has 0 N–H and O–H groups in total. The molecule has 0 heterocycles. The molecule has 0 bridgehead atoms. The van der Waals surface area contributed by atoms with E-state index in [0.717, 1.165) is 22.6 Å².